The first-order chi connectivity index (χ1) is 15.0. The fourth-order valence-corrected chi connectivity index (χ4v) is 3.97. The number of nitrogens with zero attached hydrogens (tertiary/aromatic N) is 2. The van der Waals surface area contributed by atoms with Crippen LogP contribution in [0.1, 0.15) is 46.7 Å². The molecular weight excluding hydrogens is 399 g/mol. The van der Waals surface area contributed by atoms with Crippen molar-refractivity contribution in [1.82, 2.24) is 9.47 Å². The maximum Gasteiger partial charge on any atom is 0.374 e. The zero-order valence-electron chi connectivity index (χ0n) is 17.4. The van der Waals surface area contributed by atoms with E-state index in [9.17, 15) is 14.0 Å². The van der Waals surface area contributed by atoms with Crippen LogP contribution in [-0.4, -0.2) is 40.5 Å². The van der Waals surface area contributed by atoms with Crippen molar-refractivity contribution in [3.63, 3.8) is 0 Å². The minimum atomic E-state index is -0.551. The maximum atomic E-state index is 13.1. The first-order valence-electron chi connectivity index (χ1n) is 10.5. The second-order valence-corrected chi connectivity index (χ2v) is 7.75. The van der Waals surface area contributed by atoms with Crippen molar-refractivity contribution in [2.24, 2.45) is 7.05 Å². The lowest BCUT2D eigenvalue weighted by Crippen LogP contribution is -2.44. The van der Waals surface area contributed by atoms with E-state index in [-0.39, 0.29) is 30.1 Å². The number of amides is 1. The normalized spacial score (nSPS) is 16.3. The summed E-state index contributed by atoms with van der Waals surface area (Å²) in [6, 6.07) is 12.8. The minimum absolute atomic E-state index is 0.0125. The molecule has 0 bridgehead atoms. The molecular formula is C24H25FN2O4. The average molecular weight is 424 g/mol. The van der Waals surface area contributed by atoms with Gasteiger partial charge in [0.1, 0.15) is 17.3 Å². The summed E-state index contributed by atoms with van der Waals surface area (Å²) in [6.45, 7) is 0.912. The minimum Gasteiger partial charge on any atom is -0.460 e. The van der Waals surface area contributed by atoms with Crippen molar-refractivity contribution >= 4 is 11.9 Å². The van der Waals surface area contributed by atoms with Crippen LogP contribution in [0.25, 0.3) is 11.3 Å². The second-order valence-electron chi connectivity index (χ2n) is 7.75. The standard InChI is InChI=1S/C24H25FN2O4/c1-26-14-4-6-20(26)23(28)27-15-3-2-5-19(27)13-16-30-24(29)22-12-11-21(31-22)17-7-9-18(25)10-8-17/h4,6-12,14,19H,2-3,5,13,15-16H2,1H3. The fraction of sp³-hybridized carbons (Fsp3) is 0.333. The number of rotatable bonds is 6. The van der Waals surface area contributed by atoms with Crippen molar-refractivity contribution in [1.29, 1.82) is 0 Å². The highest BCUT2D eigenvalue weighted by atomic mass is 19.1. The molecule has 1 aliphatic heterocycles. The van der Waals surface area contributed by atoms with Crippen molar-refractivity contribution in [2.75, 3.05) is 13.2 Å². The third kappa shape index (κ3) is 4.71. The van der Waals surface area contributed by atoms with E-state index < -0.39 is 5.97 Å². The van der Waals surface area contributed by atoms with Gasteiger partial charge in [-0.3, -0.25) is 4.79 Å². The lowest BCUT2D eigenvalue weighted by atomic mass is 9.99. The van der Waals surface area contributed by atoms with Crippen LogP contribution in [0.4, 0.5) is 4.39 Å². The Hall–Kier alpha value is -3.35. The highest BCUT2D eigenvalue weighted by Crippen LogP contribution is 2.24. The van der Waals surface area contributed by atoms with Crippen LogP contribution in [0.5, 0.6) is 0 Å². The summed E-state index contributed by atoms with van der Waals surface area (Å²) in [5.74, 6) is -0.307. The van der Waals surface area contributed by atoms with Gasteiger partial charge in [0.05, 0.1) is 6.61 Å². The van der Waals surface area contributed by atoms with Crippen LogP contribution < -0.4 is 0 Å². The topological polar surface area (TPSA) is 64.7 Å². The molecule has 31 heavy (non-hydrogen) atoms. The quantitative estimate of drug-likeness (QED) is 0.540. The van der Waals surface area contributed by atoms with Crippen LogP contribution in [0.15, 0.2) is 59.1 Å². The summed E-state index contributed by atoms with van der Waals surface area (Å²) in [5.41, 5.74) is 1.34. The van der Waals surface area contributed by atoms with E-state index in [0.29, 0.717) is 30.0 Å². The largest absolute Gasteiger partial charge is 0.460 e. The van der Waals surface area contributed by atoms with Crippen molar-refractivity contribution in [3.05, 3.63) is 72.0 Å². The molecule has 1 unspecified atom stereocenters. The number of likely N-dealkylation sites (tertiary alicyclic amines) is 1. The average Bonchev–Trinajstić information content (AvgIpc) is 3.43. The van der Waals surface area contributed by atoms with Crippen LogP contribution >= 0.6 is 0 Å². The molecule has 1 saturated heterocycles. The van der Waals surface area contributed by atoms with Gasteiger partial charge in [0.15, 0.2) is 0 Å². The number of hydrogen-bond donors (Lipinski definition) is 0. The molecule has 0 aliphatic carbocycles. The molecule has 7 heteroatoms. The van der Waals surface area contributed by atoms with E-state index >= 15 is 0 Å². The van der Waals surface area contributed by atoms with Gasteiger partial charge >= 0.3 is 5.97 Å². The molecule has 1 fully saturated rings. The molecule has 1 aromatic carbocycles. The molecule has 1 amide bonds. The van der Waals surface area contributed by atoms with Crippen molar-refractivity contribution in [3.8, 4) is 11.3 Å². The number of hydrogen-bond acceptors (Lipinski definition) is 4. The van der Waals surface area contributed by atoms with Gasteiger partial charge in [-0.25, -0.2) is 9.18 Å². The Labute approximate surface area is 180 Å². The van der Waals surface area contributed by atoms with E-state index in [1.54, 1.807) is 24.3 Å². The predicted octanol–water partition coefficient (Wildman–Crippen LogP) is 4.67. The van der Waals surface area contributed by atoms with Gasteiger partial charge in [-0.15, -0.1) is 0 Å². The smallest absolute Gasteiger partial charge is 0.374 e. The number of halogens is 1. The first-order valence-corrected chi connectivity index (χ1v) is 10.5. The number of benzene rings is 1. The molecule has 1 atom stereocenters. The SMILES string of the molecule is Cn1cccc1C(=O)N1CCCCC1CCOC(=O)c1ccc(-c2ccc(F)cc2)o1. The third-order valence-electron chi connectivity index (χ3n) is 5.67. The Morgan fingerprint density at radius 2 is 1.94 bits per heavy atom. The highest BCUT2D eigenvalue weighted by molar-refractivity contribution is 5.93. The van der Waals surface area contributed by atoms with Gasteiger partial charge in [0, 0.05) is 37.8 Å². The van der Waals surface area contributed by atoms with Crippen LogP contribution in [0.2, 0.25) is 0 Å². The third-order valence-corrected chi connectivity index (χ3v) is 5.67. The molecule has 6 nitrogen and oxygen atoms in total. The summed E-state index contributed by atoms with van der Waals surface area (Å²) in [5, 5.41) is 0. The van der Waals surface area contributed by atoms with Crippen LogP contribution in [0, 0.1) is 5.82 Å². The van der Waals surface area contributed by atoms with Crippen LogP contribution in [0.3, 0.4) is 0 Å². The van der Waals surface area contributed by atoms with E-state index in [1.807, 2.05) is 34.8 Å². The summed E-state index contributed by atoms with van der Waals surface area (Å²) < 4.78 is 25.9. The molecule has 0 N–H and O–H groups in total. The zero-order valence-corrected chi connectivity index (χ0v) is 17.4. The Bertz CT molecular complexity index is 1050. The second kappa shape index (κ2) is 9.20. The monoisotopic (exact) mass is 424 g/mol. The van der Waals surface area contributed by atoms with Crippen LogP contribution in [-0.2, 0) is 11.8 Å². The number of esters is 1. The number of carbonyl (C=O) groups is 2. The first kappa shape index (κ1) is 20.9. The molecule has 3 aromatic rings. The molecule has 162 valence electrons. The lowest BCUT2D eigenvalue weighted by Gasteiger charge is -2.35. The number of piperidine rings is 1. The number of aromatic nitrogens is 1. The van der Waals surface area contributed by atoms with Gasteiger partial charge in [-0.05, 0) is 67.8 Å². The van der Waals surface area contributed by atoms with E-state index in [2.05, 4.69) is 0 Å². The Balaban J connectivity index is 1.33. The van der Waals surface area contributed by atoms with E-state index in [1.165, 1.54) is 12.1 Å². The summed E-state index contributed by atoms with van der Waals surface area (Å²) in [6.07, 6.45) is 5.36. The molecule has 0 radical (unpaired) electrons. The van der Waals surface area contributed by atoms with Gasteiger partial charge in [0.25, 0.3) is 5.91 Å². The predicted molar refractivity (Wildman–Crippen MR) is 113 cm³/mol. The summed E-state index contributed by atoms with van der Waals surface area (Å²) in [7, 11) is 1.86. The van der Waals surface area contributed by atoms with E-state index in [4.69, 9.17) is 9.15 Å². The van der Waals surface area contributed by atoms with Crippen molar-refractivity contribution < 1.29 is 23.1 Å². The Morgan fingerprint density at radius 3 is 2.68 bits per heavy atom. The number of furan rings is 1. The molecule has 0 spiro atoms. The van der Waals surface area contributed by atoms with Gasteiger partial charge in [-0.2, -0.15) is 0 Å². The maximum absolute atomic E-state index is 13.1. The molecule has 3 heterocycles. The fourth-order valence-electron chi connectivity index (χ4n) is 3.97. The lowest BCUT2D eigenvalue weighted by molar-refractivity contribution is 0.0380. The summed E-state index contributed by atoms with van der Waals surface area (Å²) >= 11 is 0. The Kier molecular flexibility index (Phi) is 6.21. The molecule has 0 saturated carbocycles. The number of aryl methyl sites for hydroxylation is 1. The van der Waals surface area contributed by atoms with Gasteiger partial charge < -0.3 is 18.6 Å². The summed E-state index contributed by atoms with van der Waals surface area (Å²) in [4.78, 5) is 27.2. The van der Waals surface area contributed by atoms with Gasteiger partial charge in [0.2, 0.25) is 5.76 Å². The number of ether oxygens (including phenoxy) is 1. The molecule has 4 rings (SSSR count). The van der Waals surface area contributed by atoms with Crippen molar-refractivity contribution in [2.45, 2.75) is 31.7 Å². The highest BCUT2D eigenvalue weighted by Gasteiger charge is 2.28. The van der Waals surface area contributed by atoms with E-state index in [0.717, 1.165) is 19.3 Å². The molecule has 2 aromatic heterocycles. The zero-order chi connectivity index (χ0) is 21.8. The molecule has 1 aliphatic rings. The number of carbonyl (C=O) groups excluding carboxylic acids is 2. The Morgan fingerprint density at radius 1 is 1.13 bits per heavy atom. The van der Waals surface area contributed by atoms with Gasteiger partial charge in [-0.1, -0.05) is 0 Å².